The zero-order valence-electron chi connectivity index (χ0n) is 16.5. The number of carbonyl (C=O) groups is 3. The van der Waals surface area contributed by atoms with Crippen molar-refractivity contribution in [2.75, 3.05) is 36.5 Å². The number of hydrogen-bond donors (Lipinski definition) is 2. The van der Waals surface area contributed by atoms with Crippen molar-refractivity contribution in [1.82, 2.24) is 5.32 Å². The van der Waals surface area contributed by atoms with E-state index >= 15 is 0 Å². The third-order valence-corrected chi connectivity index (χ3v) is 5.21. The number of rotatable bonds is 7. The van der Waals surface area contributed by atoms with Crippen LogP contribution in [0.25, 0.3) is 0 Å². The molecule has 8 heteroatoms. The van der Waals surface area contributed by atoms with Crippen molar-refractivity contribution < 1.29 is 19.1 Å². The second-order valence-corrected chi connectivity index (χ2v) is 7.91. The van der Waals surface area contributed by atoms with Gasteiger partial charge in [-0.15, -0.1) is 0 Å². The lowest BCUT2D eigenvalue weighted by atomic mass is 10.1. The van der Waals surface area contributed by atoms with Gasteiger partial charge in [0.25, 0.3) is 11.8 Å². The number of benzene rings is 2. The first-order chi connectivity index (χ1) is 14.5. The SMILES string of the molecule is O=C(COC(=O)CNC(=O)c1cccc(Br)c1)Nc1ccc(N2CCCCC2)cc1. The summed E-state index contributed by atoms with van der Waals surface area (Å²) in [7, 11) is 0. The fraction of sp³-hybridized carbons (Fsp3) is 0.318. The number of esters is 1. The van der Waals surface area contributed by atoms with Crippen LogP contribution in [0.3, 0.4) is 0 Å². The molecule has 1 saturated heterocycles. The molecule has 0 spiro atoms. The largest absolute Gasteiger partial charge is 0.454 e. The number of amides is 2. The van der Waals surface area contributed by atoms with Crippen molar-refractivity contribution in [1.29, 1.82) is 0 Å². The van der Waals surface area contributed by atoms with Gasteiger partial charge in [0, 0.05) is 34.5 Å². The molecule has 158 valence electrons. The number of anilines is 2. The maximum absolute atomic E-state index is 12.0. The van der Waals surface area contributed by atoms with Crippen LogP contribution in [0.4, 0.5) is 11.4 Å². The van der Waals surface area contributed by atoms with Crippen molar-refractivity contribution in [3.8, 4) is 0 Å². The van der Waals surface area contributed by atoms with Gasteiger partial charge in [-0.05, 0) is 61.7 Å². The van der Waals surface area contributed by atoms with Gasteiger partial charge in [0.05, 0.1) is 0 Å². The third kappa shape index (κ3) is 6.59. The van der Waals surface area contributed by atoms with E-state index in [0.717, 1.165) is 23.2 Å². The Morgan fingerprint density at radius 1 is 1.00 bits per heavy atom. The Kier molecular flexibility index (Phi) is 7.84. The Bertz CT molecular complexity index is 896. The van der Waals surface area contributed by atoms with Crippen LogP contribution in [0.15, 0.2) is 53.0 Å². The molecule has 0 bridgehead atoms. The summed E-state index contributed by atoms with van der Waals surface area (Å²) in [6.45, 7) is 1.38. The molecule has 7 nitrogen and oxygen atoms in total. The Balaban J connectivity index is 1.38. The molecule has 2 N–H and O–H groups in total. The zero-order valence-corrected chi connectivity index (χ0v) is 18.1. The lowest BCUT2D eigenvalue weighted by Gasteiger charge is -2.28. The summed E-state index contributed by atoms with van der Waals surface area (Å²) in [5.74, 6) is -1.52. The van der Waals surface area contributed by atoms with E-state index in [9.17, 15) is 14.4 Å². The summed E-state index contributed by atoms with van der Waals surface area (Å²) >= 11 is 3.28. The van der Waals surface area contributed by atoms with E-state index in [0.29, 0.717) is 11.3 Å². The van der Waals surface area contributed by atoms with Crippen molar-refractivity contribution in [3.63, 3.8) is 0 Å². The molecule has 1 aliphatic heterocycles. The monoisotopic (exact) mass is 473 g/mol. The molecule has 30 heavy (non-hydrogen) atoms. The lowest BCUT2D eigenvalue weighted by Crippen LogP contribution is -2.32. The number of nitrogens with one attached hydrogen (secondary N) is 2. The molecule has 0 saturated carbocycles. The van der Waals surface area contributed by atoms with Gasteiger partial charge in [0.1, 0.15) is 6.54 Å². The lowest BCUT2D eigenvalue weighted by molar-refractivity contribution is -0.146. The Morgan fingerprint density at radius 2 is 1.73 bits per heavy atom. The molecule has 0 atom stereocenters. The van der Waals surface area contributed by atoms with Crippen LogP contribution in [0.1, 0.15) is 29.6 Å². The van der Waals surface area contributed by atoms with Crippen LogP contribution in [0.5, 0.6) is 0 Å². The predicted octanol–water partition coefficient (Wildman–Crippen LogP) is 3.35. The number of hydrogen-bond acceptors (Lipinski definition) is 5. The van der Waals surface area contributed by atoms with Crippen LogP contribution >= 0.6 is 15.9 Å². The predicted molar refractivity (Wildman–Crippen MR) is 119 cm³/mol. The van der Waals surface area contributed by atoms with Gasteiger partial charge in [-0.1, -0.05) is 22.0 Å². The van der Waals surface area contributed by atoms with Gasteiger partial charge >= 0.3 is 5.97 Å². The van der Waals surface area contributed by atoms with Gasteiger partial charge in [0.15, 0.2) is 6.61 Å². The molecule has 3 rings (SSSR count). The molecule has 2 aromatic rings. The number of ether oxygens (including phenoxy) is 1. The van der Waals surface area contributed by atoms with Crippen LogP contribution in [0.2, 0.25) is 0 Å². The molecular weight excluding hydrogens is 450 g/mol. The minimum absolute atomic E-state index is 0.316. The normalized spacial score (nSPS) is 13.4. The minimum atomic E-state index is -0.686. The maximum atomic E-state index is 12.0. The molecule has 2 amide bonds. The number of nitrogens with zero attached hydrogens (tertiary/aromatic N) is 1. The van der Waals surface area contributed by atoms with Crippen molar-refractivity contribution in [3.05, 3.63) is 58.6 Å². The van der Waals surface area contributed by atoms with E-state index in [4.69, 9.17) is 4.74 Å². The fourth-order valence-corrected chi connectivity index (χ4v) is 3.59. The zero-order chi connectivity index (χ0) is 21.3. The number of carbonyl (C=O) groups excluding carboxylic acids is 3. The highest BCUT2D eigenvalue weighted by molar-refractivity contribution is 9.10. The Morgan fingerprint density at radius 3 is 2.43 bits per heavy atom. The molecule has 0 aliphatic carbocycles. The van der Waals surface area contributed by atoms with Gasteiger partial charge in [-0.2, -0.15) is 0 Å². The van der Waals surface area contributed by atoms with E-state index in [1.54, 1.807) is 24.3 Å². The first-order valence-corrected chi connectivity index (χ1v) is 10.6. The number of piperidine rings is 1. The van der Waals surface area contributed by atoms with Gasteiger partial charge in [0.2, 0.25) is 0 Å². The van der Waals surface area contributed by atoms with E-state index < -0.39 is 24.4 Å². The van der Waals surface area contributed by atoms with Crippen molar-refractivity contribution >= 4 is 45.1 Å². The summed E-state index contributed by atoms with van der Waals surface area (Å²) in [6, 6.07) is 14.4. The van der Waals surface area contributed by atoms with Crippen LogP contribution in [0, 0.1) is 0 Å². The minimum Gasteiger partial charge on any atom is -0.454 e. The Labute approximate surface area is 183 Å². The first kappa shape index (κ1) is 21.8. The second-order valence-electron chi connectivity index (χ2n) is 7.00. The standard InChI is InChI=1S/C22H24BrN3O4/c23-17-6-4-5-16(13-17)22(29)24-14-21(28)30-15-20(27)25-18-7-9-19(10-8-18)26-11-2-1-3-12-26/h4-10,13H,1-3,11-12,14-15H2,(H,24,29)(H,25,27). The van der Waals surface area contributed by atoms with Crippen molar-refractivity contribution in [2.24, 2.45) is 0 Å². The highest BCUT2D eigenvalue weighted by Crippen LogP contribution is 2.21. The van der Waals surface area contributed by atoms with Gasteiger partial charge < -0.3 is 20.3 Å². The molecular formula is C22H24BrN3O4. The molecule has 1 heterocycles. The quantitative estimate of drug-likeness (QED) is 0.602. The first-order valence-electron chi connectivity index (χ1n) is 9.85. The summed E-state index contributed by atoms with van der Waals surface area (Å²) < 4.78 is 5.68. The number of halogens is 1. The van der Waals surface area contributed by atoms with Gasteiger partial charge in [-0.25, -0.2) is 0 Å². The maximum Gasteiger partial charge on any atom is 0.325 e. The van der Waals surface area contributed by atoms with Crippen LogP contribution in [-0.2, 0) is 14.3 Å². The molecule has 1 aliphatic rings. The Hall–Kier alpha value is -2.87. The summed E-state index contributed by atoms with van der Waals surface area (Å²) in [5.41, 5.74) is 2.20. The summed E-state index contributed by atoms with van der Waals surface area (Å²) in [4.78, 5) is 38.1. The molecule has 2 aromatic carbocycles. The fourth-order valence-electron chi connectivity index (χ4n) is 3.19. The topological polar surface area (TPSA) is 87.7 Å². The smallest absolute Gasteiger partial charge is 0.325 e. The van der Waals surface area contributed by atoms with Gasteiger partial charge in [-0.3, -0.25) is 14.4 Å². The average molecular weight is 474 g/mol. The van der Waals surface area contributed by atoms with E-state index in [-0.39, 0.29) is 6.54 Å². The second kappa shape index (κ2) is 10.8. The average Bonchev–Trinajstić information content (AvgIpc) is 2.77. The third-order valence-electron chi connectivity index (χ3n) is 4.72. The van der Waals surface area contributed by atoms with E-state index in [2.05, 4.69) is 31.5 Å². The van der Waals surface area contributed by atoms with Crippen LogP contribution < -0.4 is 15.5 Å². The van der Waals surface area contributed by atoms with Crippen LogP contribution in [-0.4, -0.2) is 44.0 Å². The van der Waals surface area contributed by atoms with E-state index in [1.807, 2.05) is 24.3 Å². The molecule has 0 aromatic heterocycles. The summed E-state index contributed by atoms with van der Waals surface area (Å²) in [5, 5.41) is 5.16. The highest BCUT2D eigenvalue weighted by Gasteiger charge is 2.13. The van der Waals surface area contributed by atoms with E-state index in [1.165, 1.54) is 19.3 Å². The van der Waals surface area contributed by atoms with Crippen molar-refractivity contribution in [2.45, 2.75) is 19.3 Å². The highest BCUT2D eigenvalue weighted by atomic mass is 79.9. The summed E-state index contributed by atoms with van der Waals surface area (Å²) in [6.07, 6.45) is 3.68. The molecule has 1 fully saturated rings. The molecule has 0 radical (unpaired) electrons. The molecule has 0 unspecified atom stereocenters.